The molecular formula is C10H5ClF2INO. The number of hydrogen-bond acceptors (Lipinski definition) is 1. The summed E-state index contributed by atoms with van der Waals surface area (Å²) < 4.78 is 25.3. The van der Waals surface area contributed by atoms with Crippen LogP contribution < -0.4 is 5.43 Å². The van der Waals surface area contributed by atoms with E-state index in [-0.39, 0.29) is 19.8 Å². The number of alkyl halides is 2. The Morgan fingerprint density at radius 2 is 2.06 bits per heavy atom. The first-order chi connectivity index (χ1) is 7.52. The van der Waals surface area contributed by atoms with Gasteiger partial charge in [0.1, 0.15) is 0 Å². The highest BCUT2D eigenvalue weighted by Crippen LogP contribution is 2.26. The van der Waals surface area contributed by atoms with Crippen molar-refractivity contribution in [1.29, 1.82) is 0 Å². The summed E-state index contributed by atoms with van der Waals surface area (Å²) in [6, 6.07) is 4.71. The number of pyridine rings is 1. The van der Waals surface area contributed by atoms with E-state index in [1.54, 1.807) is 40.8 Å². The molecule has 0 radical (unpaired) electrons. The number of hydrogen-bond donors (Lipinski definition) is 1. The molecule has 1 heterocycles. The van der Waals surface area contributed by atoms with Crippen LogP contribution in [0.4, 0.5) is 8.78 Å². The van der Waals surface area contributed by atoms with E-state index in [1.807, 2.05) is 0 Å². The summed E-state index contributed by atoms with van der Waals surface area (Å²) >= 11 is 7.45. The minimum Gasteiger partial charge on any atom is -0.351 e. The second-order valence-electron chi connectivity index (χ2n) is 3.14. The van der Waals surface area contributed by atoms with Gasteiger partial charge in [-0.15, -0.1) is 0 Å². The zero-order valence-electron chi connectivity index (χ0n) is 7.73. The van der Waals surface area contributed by atoms with E-state index in [0.29, 0.717) is 5.39 Å². The maximum Gasteiger partial charge on any atom is 0.279 e. The molecule has 0 unspecified atom stereocenters. The summed E-state index contributed by atoms with van der Waals surface area (Å²) in [5.74, 6) is 0. The molecule has 0 aliphatic carbocycles. The van der Waals surface area contributed by atoms with Crippen LogP contribution >= 0.6 is 34.2 Å². The molecule has 0 fully saturated rings. The monoisotopic (exact) mass is 355 g/mol. The lowest BCUT2D eigenvalue weighted by Gasteiger charge is -2.07. The number of rotatable bonds is 1. The van der Waals surface area contributed by atoms with E-state index in [0.717, 1.165) is 0 Å². The van der Waals surface area contributed by atoms with E-state index < -0.39 is 11.9 Å². The third-order valence-electron chi connectivity index (χ3n) is 2.17. The zero-order chi connectivity index (χ0) is 11.9. The van der Waals surface area contributed by atoms with Crippen LogP contribution in [0, 0.1) is 3.57 Å². The first kappa shape index (κ1) is 11.8. The Balaban J connectivity index is 2.95. The number of halogens is 4. The van der Waals surface area contributed by atoms with Gasteiger partial charge < -0.3 is 4.98 Å². The molecule has 2 nitrogen and oxygen atoms in total. The predicted octanol–water partition coefficient (Wildman–Crippen LogP) is 3.72. The molecule has 0 aliphatic heterocycles. The van der Waals surface area contributed by atoms with E-state index >= 15 is 0 Å². The van der Waals surface area contributed by atoms with Gasteiger partial charge in [-0.05, 0) is 34.7 Å². The molecule has 2 aromatic rings. The number of fused-ring (bicyclic) bond motifs is 1. The van der Waals surface area contributed by atoms with Crippen molar-refractivity contribution in [3.8, 4) is 0 Å². The topological polar surface area (TPSA) is 32.9 Å². The molecule has 1 aromatic heterocycles. The standard InChI is InChI=1S/C10H5ClF2INO/c11-5-3-1-2-4-7(5)15-8(10(12)13)6(14)9(4)16/h1-3,10H,(H,15,16). The van der Waals surface area contributed by atoms with Gasteiger partial charge in [0.05, 0.1) is 19.8 Å². The summed E-state index contributed by atoms with van der Waals surface area (Å²) in [4.78, 5) is 14.3. The molecule has 0 spiro atoms. The van der Waals surface area contributed by atoms with E-state index in [2.05, 4.69) is 4.98 Å². The summed E-state index contributed by atoms with van der Waals surface area (Å²) in [5, 5.41) is 0.578. The summed E-state index contributed by atoms with van der Waals surface area (Å²) in [6.07, 6.45) is -2.72. The second kappa shape index (κ2) is 4.29. The quantitative estimate of drug-likeness (QED) is 0.777. The number of H-pyrrole nitrogens is 1. The highest BCUT2D eigenvalue weighted by atomic mass is 127. The predicted molar refractivity (Wildman–Crippen MR) is 67.3 cm³/mol. The molecule has 1 N–H and O–H groups in total. The van der Waals surface area contributed by atoms with Gasteiger partial charge in [-0.2, -0.15) is 0 Å². The maximum absolute atomic E-state index is 12.6. The molecular weight excluding hydrogens is 350 g/mol. The van der Waals surface area contributed by atoms with Crippen LogP contribution in [0.25, 0.3) is 10.9 Å². The first-order valence-corrected chi connectivity index (χ1v) is 5.76. The lowest BCUT2D eigenvalue weighted by molar-refractivity contribution is 0.145. The smallest absolute Gasteiger partial charge is 0.279 e. The molecule has 16 heavy (non-hydrogen) atoms. The normalized spacial score (nSPS) is 11.3. The minimum absolute atomic E-state index is 0.00219. The number of para-hydroxylation sites is 1. The van der Waals surface area contributed by atoms with E-state index in [1.165, 1.54) is 0 Å². The van der Waals surface area contributed by atoms with Crippen molar-refractivity contribution < 1.29 is 8.78 Å². The van der Waals surface area contributed by atoms with Crippen molar-refractivity contribution in [3.63, 3.8) is 0 Å². The Hall–Kier alpha value is -0.690. The maximum atomic E-state index is 12.6. The van der Waals surface area contributed by atoms with Crippen molar-refractivity contribution >= 4 is 45.1 Å². The van der Waals surface area contributed by atoms with Crippen LogP contribution in [0.1, 0.15) is 12.1 Å². The number of nitrogens with one attached hydrogen (secondary N) is 1. The van der Waals surface area contributed by atoms with Gasteiger partial charge in [-0.3, -0.25) is 4.79 Å². The van der Waals surface area contributed by atoms with Crippen LogP contribution in [-0.4, -0.2) is 4.98 Å². The minimum atomic E-state index is -2.72. The van der Waals surface area contributed by atoms with Gasteiger partial charge in [-0.25, -0.2) is 8.78 Å². The fourth-order valence-corrected chi connectivity index (χ4v) is 2.30. The summed E-state index contributed by atoms with van der Waals surface area (Å²) in [6.45, 7) is 0. The molecule has 0 aliphatic rings. The van der Waals surface area contributed by atoms with Crippen LogP contribution in [0.3, 0.4) is 0 Å². The SMILES string of the molecule is O=c1c(I)c(C(F)F)[nH]c2c(Cl)cccc12. The molecule has 0 bridgehead atoms. The van der Waals surface area contributed by atoms with Gasteiger partial charge in [0.25, 0.3) is 6.43 Å². The fraction of sp³-hybridized carbons (Fsp3) is 0.100. The Labute approximate surface area is 108 Å². The summed E-state index contributed by atoms with van der Waals surface area (Å²) in [7, 11) is 0. The van der Waals surface area contributed by atoms with Crippen molar-refractivity contribution in [1.82, 2.24) is 4.98 Å². The Bertz CT molecular complexity index is 612. The third kappa shape index (κ3) is 1.82. The number of aromatic nitrogens is 1. The zero-order valence-corrected chi connectivity index (χ0v) is 10.6. The average Bonchev–Trinajstić information content (AvgIpc) is 2.23. The third-order valence-corrected chi connectivity index (χ3v) is 3.56. The second-order valence-corrected chi connectivity index (χ2v) is 4.63. The molecule has 6 heteroatoms. The molecule has 0 amide bonds. The van der Waals surface area contributed by atoms with Crippen molar-refractivity contribution in [3.05, 3.63) is 42.7 Å². The fourth-order valence-electron chi connectivity index (χ4n) is 1.42. The van der Waals surface area contributed by atoms with Gasteiger partial charge in [0.2, 0.25) is 5.43 Å². The van der Waals surface area contributed by atoms with Crippen molar-refractivity contribution in [2.45, 2.75) is 6.43 Å². The van der Waals surface area contributed by atoms with Crippen LogP contribution in [0.2, 0.25) is 5.02 Å². The lowest BCUT2D eigenvalue weighted by Crippen LogP contribution is -2.12. The largest absolute Gasteiger partial charge is 0.351 e. The van der Waals surface area contributed by atoms with Crippen molar-refractivity contribution in [2.24, 2.45) is 0 Å². The van der Waals surface area contributed by atoms with Gasteiger partial charge >= 0.3 is 0 Å². The average molecular weight is 356 g/mol. The molecule has 0 atom stereocenters. The lowest BCUT2D eigenvalue weighted by atomic mass is 10.2. The van der Waals surface area contributed by atoms with E-state index in [9.17, 15) is 13.6 Å². The molecule has 84 valence electrons. The summed E-state index contributed by atoms with van der Waals surface area (Å²) in [5.41, 5.74) is -0.553. The van der Waals surface area contributed by atoms with Gasteiger partial charge in [-0.1, -0.05) is 17.7 Å². The van der Waals surface area contributed by atoms with Gasteiger partial charge in [0, 0.05) is 5.39 Å². The van der Waals surface area contributed by atoms with Crippen LogP contribution in [-0.2, 0) is 0 Å². The highest BCUT2D eigenvalue weighted by Gasteiger charge is 2.17. The molecule has 0 saturated carbocycles. The van der Waals surface area contributed by atoms with Crippen molar-refractivity contribution in [2.75, 3.05) is 0 Å². The Morgan fingerprint density at radius 3 is 2.69 bits per heavy atom. The molecule has 0 saturated heterocycles. The van der Waals surface area contributed by atoms with Gasteiger partial charge in [0.15, 0.2) is 0 Å². The first-order valence-electron chi connectivity index (χ1n) is 4.30. The van der Waals surface area contributed by atoms with Crippen LogP contribution in [0.15, 0.2) is 23.0 Å². The van der Waals surface area contributed by atoms with E-state index in [4.69, 9.17) is 11.6 Å². The molecule has 1 aromatic carbocycles. The number of benzene rings is 1. The number of aromatic amines is 1. The Morgan fingerprint density at radius 1 is 1.38 bits per heavy atom. The molecule has 2 rings (SSSR count). The highest BCUT2D eigenvalue weighted by molar-refractivity contribution is 14.1. The Kier molecular flexibility index (Phi) is 3.16. The van der Waals surface area contributed by atoms with Crippen LogP contribution in [0.5, 0.6) is 0 Å².